The normalized spacial score (nSPS) is 19.4. The number of hydrazine groups is 2. The topological polar surface area (TPSA) is 73.4 Å². The van der Waals surface area contributed by atoms with E-state index < -0.39 is 12.0 Å². The highest BCUT2D eigenvalue weighted by Gasteiger charge is 2.33. The van der Waals surface area contributed by atoms with Gasteiger partial charge >= 0.3 is 5.97 Å². The number of aliphatic carboxylic acids is 1. The Hall–Kier alpha value is -2.99. The molecule has 0 amide bonds. The van der Waals surface area contributed by atoms with Crippen LogP contribution in [0.2, 0.25) is 0 Å². The number of carboxylic acids is 1. The first kappa shape index (κ1) is 16.5. The molecule has 5 nitrogen and oxygen atoms in total. The average Bonchev–Trinajstić information content (AvgIpc) is 3.19. The lowest BCUT2D eigenvalue weighted by Gasteiger charge is -2.15. The standard InChI is InChI=1S/C21H19N3O2/c25-21(26)20-19(22-24-23-20)16-11-9-15(10-12-16)18-8-4-7-17(13-18)14-5-2-1-3-6-14/h1-13,19-20,22-24H,(H,25,26). The first-order valence-corrected chi connectivity index (χ1v) is 8.47. The minimum absolute atomic E-state index is 0.322. The molecule has 1 saturated heterocycles. The van der Waals surface area contributed by atoms with E-state index in [4.69, 9.17) is 0 Å². The lowest BCUT2D eigenvalue weighted by Crippen LogP contribution is -2.38. The van der Waals surface area contributed by atoms with Crippen molar-refractivity contribution in [3.63, 3.8) is 0 Å². The Balaban J connectivity index is 1.61. The Bertz CT molecular complexity index is 910. The molecule has 1 fully saturated rings. The molecule has 3 aromatic carbocycles. The molecule has 0 saturated carbocycles. The fraction of sp³-hybridized carbons (Fsp3) is 0.0952. The van der Waals surface area contributed by atoms with E-state index in [-0.39, 0.29) is 6.04 Å². The Kier molecular flexibility index (Phi) is 4.50. The summed E-state index contributed by atoms with van der Waals surface area (Å²) < 4.78 is 0. The molecule has 1 heterocycles. The third kappa shape index (κ3) is 3.23. The molecule has 0 spiro atoms. The zero-order chi connectivity index (χ0) is 17.9. The molecule has 4 N–H and O–H groups in total. The van der Waals surface area contributed by atoms with E-state index in [1.165, 1.54) is 11.1 Å². The van der Waals surface area contributed by atoms with Crippen LogP contribution in [0.25, 0.3) is 22.3 Å². The highest BCUT2D eigenvalue weighted by molar-refractivity contribution is 5.76. The molecule has 0 aliphatic carbocycles. The molecule has 0 radical (unpaired) electrons. The second-order valence-electron chi connectivity index (χ2n) is 6.28. The van der Waals surface area contributed by atoms with Crippen molar-refractivity contribution >= 4 is 5.97 Å². The van der Waals surface area contributed by atoms with E-state index in [2.05, 4.69) is 52.8 Å². The van der Waals surface area contributed by atoms with Crippen molar-refractivity contribution in [1.29, 1.82) is 0 Å². The SMILES string of the molecule is O=C(O)C1NNNC1c1ccc(-c2cccc(-c3ccccc3)c2)cc1. The Morgan fingerprint density at radius 2 is 1.35 bits per heavy atom. The molecule has 0 bridgehead atoms. The molecule has 1 aliphatic heterocycles. The molecule has 1 aliphatic rings. The molecular formula is C21H19N3O2. The van der Waals surface area contributed by atoms with Gasteiger partial charge in [0.1, 0.15) is 6.04 Å². The molecule has 2 atom stereocenters. The summed E-state index contributed by atoms with van der Waals surface area (Å²) in [6.07, 6.45) is 0. The lowest BCUT2D eigenvalue weighted by atomic mass is 9.96. The van der Waals surface area contributed by atoms with Crippen molar-refractivity contribution in [2.75, 3.05) is 0 Å². The van der Waals surface area contributed by atoms with Gasteiger partial charge in [0.15, 0.2) is 0 Å². The maximum Gasteiger partial charge on any atom is 0.324 e. The molecule has 4 rings (SSSR count). The van der Waals surface area contributed by atoms with Gasteiger partial charge in [-0.15, -0.1) is 0 Å². The van der Waals surface area contributed by atoms with Crippen LogP contribution in [-0.2, 0) is 4.79 Å². The summed E-state index contributed by atoms with van der Waals surface area (Å²) in [5.41, 5.74) is 13.9. The number of hydrogen-bond donors (Lipinski definition) is 4. The van der Waals surface area contributed by atoms with Crippen LogP contribution >= 0.6 is 0 Å². The number of rotatable bonds is 4. The third-order valence-corrected chi connectivity index (χ3v) is 4.63. The summed E-state index contributed by atoms with van der Waals surface area (Å²) in [7, 11) is 0. The minimum atomic E-state index is -0.896. The fourth-order valence-electron chi connectivity index (χ4n) is 3.24. The number of carbonyl (C=O) groups is 1. The molecule has 26 heavy (non-hydrogen) atoms. The maximum atomic E-state index is 11.3. The fourth-order valence-corrected chi connectivity index (χ4v) is 3.24. The van der Waals surface area contributed by atoms with Gasteiger partial charge in [0.05, 0.1) is 6.04 Å². The first-order chi connectivity index (χ1) is 12.7. The van der Waals surface area contributed by atoms with Crippen molar-refractivity contribution in [3.05, 3.63) is 84.4 Å². The van der Waals surface area contributed by atoms with Crippen molar-refractivity contribution in [2.24, 2.45) is 0 Å². The number of hydrogen-bond acceptors (Lipinski definition) is 4. The van der Waals surface area contributed by atoms with Crippen LogP contribution in [0.3, 0.4) is 0 Å². The Labute approximate surface area is 151 Å². The Morgan fingerprint density at radius 3 is 2.00 bits per heavy atom. The second kappa shape index (κ2) is 7.09. The monoisotopic (exact) mass is 345 g/mol. The van der Waals surface area contributed by atoms with Gasteiger partial charge in [0.2, 0.25) is 0 Å². The molecule has 3 aromatic rings. The van der Waals surface area contributed by atoms with Gasteiger partial charge in [0.25, 0.3) is 0 Å². The van der Waals surface area contributed by atoms with Crippen LogP contribution in [0.4, 0.5) is 0 Å². The lowest BCUT2D eigenvalue weighted by molar-refractivity contribution is -0.139. The predicted molar refractivity (Wildman–Crippen MR) is 101 cm³/mol. The number of nitrogens with one attached hydrogen (secondary N) is 3. The summed E-state index contributed by atoms with van der Waals surface area (Å²) in [6.45, 7) is 0. The summed E-state index contributed by atoms with van der Waals surface area (Å²) in [6, 6.07) is 25.6. The van der Waals surface area contributed by atoms with Crippen molar-refractivity contribution in [1.82, 2.24) is 16.4 Å². The number of carboxylic acid groups (broad SMARTS) is 1. The van der Waals surface area contributed by atoms with Crippen LogP contribution in [0.15, 0.2) is 78.9 Å². The Morgan fingerprint density at radius 1 is 0.731 bits per heavy atom. The van der Waals surface area contributed by atoms with E-state index >= 15 is 0 Å². The quantitative estimate of drug-likeness (QED) is 0.585. The number of benzene rings is 3. The van der Waals surface area contributed by atoms with Crippen LogP contribution in [0, 0.1) is 0 Å². The van der Waals surface area contributed by atoms with E-state index in [0.717, 1.165) is 16.7 Å². The zero-order valence-corrected chi connectivity index (χ0v) is 14.0. The zero-order valence-electron chi connectivity index (χ0n) is 14.0. The predicted octanol–water partition coefficient (Wildman–Crippen LogP) is 3.13. The van der Waals surface area contributed by atoms with E-state index in [1.54, 1.807) is 0 Å². The van der Waals surface area contributed by atoms with Crippen molar-refractivity contribution < 1.29 is 9.90 Å². The van der Waals surface area contributed by atoms with E-state index in [0.29, 0.717) is 0 Å². The van der Waals surface area contributed by atoms with Gasteiger partial charge in [-0.25, -0.2) is 10.9 Å². The highest BCUT2D eigenvalue weighted by Crippen LogP contribution is 2.28. The van der Waals surface area contributed by atoms with Gasteiger partial charge in [-0.1, -0.05) is 72.8 Å². The van der Waals surface area contributed by atoms with Gasteiger partial charge in [-0.3, -0.25) is 4.79 Å². The van der Waals surface area contributed by atoms with Gasteiger partial charge in [0, 0.05) is 0 Å². The van der Waals surface area contributed by atoms with E-state index in [1.807, 2.05) is 42.5 Å². The van der Waals surface area contributed by atoms with E-state index in [9.17, 15) is 9.90 Å². The smallest absolute Gasteiger partial charge is 0.324 e. The van der Waals surface area contributed by atoms with Crippen LogP contribution in [0.5, 0.6) is 0 Å². The first-order valence-electron chi connectivity index (χ1n) is 8.47. The highest BCUT2D eigenvalue weighted by atomic mass is 16.4. The van der Waals surface area contributed by atoms with Crippen molar-refractivity contribution in [2.45, 2.75) is 12.1 Å². The second-order valence-corrected chi connectivity index (χ2v) is 6.28. The van der Waals surface area contributed by atoms with Crippen LogP contribution < -0.4 is 16.4 Å². The molecule has 2 unspecified atom stereocenters. The average molecular weight is 345 g/mol. The minimum Gasteiger partial charge on any atom is -0.480 e. The molecular weight excluding hydrogens is 326 g/mol. The summed E-state index contributed by atoms with van der Waals surface area (Å²) >= 11 is 0. The summed E-state index contributed by atoms with van der Waals surface area (Å²) in [4.78, 5) is 11.3. The molecule has 0 aromatic heterocycles. The summed E-state index contributed by atoms with van der Waals surface area (Å²) in [5.74, 6) is -0.896. The third-order valence-electron chi connectivity index (χ3n) is 4.63. The largest absolute Gasteiger partial charge is 0.480 e. The molecule has 130 valence electrons. The van der Waals surface area contributed by atoms with Gasteiger partial charge < -0.3 is 5.11 Å². The van der Waals surface area contributed by atoms with Crippen LogP contribution in [-0.4, -0.2) is 17.1 Å². The van der Waals surface area contributed by atoms with Crippen molar-refractivity contribution in [3.8, 4) is 22.3 Å². The summed E-state index contributed by atoms with van der Waals surface area (Å²) in [5, 5.41) is 9.27. The van der Waals surface area contributed by atoms with Gasteiger partial charge in [-0.05, 0) is 33.9 Å². The van der Waals surface area contributed by atoms with Crippen LogP contribution in [0.1, 0.15) is 11.6 Å². The maximum absolute atomic E-state index is 11.3. The van der Waals surface area contributed by atoms with Gasteiger partial charge in [-0.2, -0.15) is 5.53 Å². The molecule has 5 heteroatoms.